The lowest BCUT2D eigenvalue weighted by molar-refractivity contribution is -0.137. The highest BCUT2D eigenvalue weighted by atomic mass is 35.5. The Morgan fingerprint density at radius 1 is 1.08 bits per heavy atom. The van der Waals surface area contributed by atoms with Crippen LogP contribution in [-0.2, 0) is 29.4 Å². The van der Waals surface area contributed by atoms with E-state index in [1.54, 1.807) is 40.7 Å². The van der Waals surface area contributed by atoms with Gasteiger partial charge in [0.1, 0.15) is 18.6 Å². The molecule has 2 amide bonds. The number of halogens is 4. The van der Waals surface area contributed by atoms with E-state index in [-0.39, 0.29) is 59.1 Å². The number of hydrogen-bond donors (Lipinski definition) is 2. The van der Waals surface area contributed by atoms with Crippen LogP contribution in [0.15, 0.2) is 53.6 Å². The Morgan fingerprint density at radius 2 is 1.80 bits per heavy atom. The second-order valence-electron chi connectivity index (χ2n) is 12.6. The third-order valence-electron chi connectivity index (χ3n) is 9.66. The van der Waals surface area contributed by atoms with Crippen molar-refractivity contribution in [1.29, 1.82) is 0 Å². The second kappa shape index (κ2) is 12.7. The average Bonchev–Trinajstić information content (AvgIpc) is 3.72. The van der Waals surface area contributed by atoms with E-state index in [4.69, 9.17) is 16.3 Å². The fourth-order valence-corrected chi connectivity index (χ4v) is 7.17. The van der Waals surface area contributed by atoms with E-state index in [0.717, 1.165) is 18.2 Å². The monoisotopic (exact) mass is 722 g/mol. The van der Waals surface area contributed by atoms with Crippen molar-refractivity contribution in [3.8, 4) is 22.9 Å². The molecule has 0 radical (unpaired) electrons. The molecule has 1 fully saturated rings. The van der Waals surface area contributed by atoms with Gasteiger partial charge in [-0.05, 0) is 75.1 Å². The number of carbonyl (C=O) groups excluding carboxylic acids is 2. The summed E-state index contributed by atoms with van der Waals surface area (Å²) in [7, 11) is 1.53. The Labute approximate surface area is 292 Å². The summed E-state index contributed by atoms with van der Waals surface area (Å²) in [4.78, 5) is 55.3. The Kier molecular flexibility index (Phi) is 8.44. The number of aromatic nitrogens is 6. The van der Waals surface area contributed by atoms with Crippen LogP contribution in [0.2, 0.25) is 5.02 Å². The molecule has 1 aliphatic heterocycles. The minimum Gasteiger partial charge on any atom is -0.504 e. The zero-order chi connectivity index (χ0) is 36.2. The summed E-state index contributed by atoms with van der Waals surface area (Å²) < 4.78 is 47.7. The highest BCUT2D eigenvalue weighted by Gasteiger charge is 2.46. The Balaban J connectivity index is 1.25. The van der Waals surface area contributed by atoms with Gasteiger partial charge in [0.25, 0.3) is 11.5 Å². The minimum atomic E-state index is -4.61. The third kappa shape index (κ3) is 6.02. The lowest BCUT2D eigenvalue weighted by Crippen LogP contribution is -2.46. The maximum absolute atomic E-state index is 14.3. The van der Waals surface area contributed by atoms with Gasteiger partial charge in [0, 0.05) is 35.3 Å². The normalized spacial score (nSPS) is 15.3. The van der Waals surface area contributed by atoms with Gasteiger partial charge in [-0.1, -0.05) is 11.6 Å². The van der Waals surface area contributed by atoms with Crippen LogP contribution in [0.3, 0.4) is 0 Å². The number of aryl methyl sites for hydroxylation is 1. The number of aromatic hydroxyl groups is 1. The smallest absolute Gasteiger partial charge is 0.416 e. The molecule has 0 saturated carbocycles. The molecule has 0 atom stereocenters. The third-order valence-corrected chi connectivity index (χ3v) is 9.97. The van der Waals surface area contributed by atoms with Gasteiger partial charge in [-0.2, -0.15) is 22.7 Å². The summed E-state index contributed by atoms with van der Waals surface area (Å²) in [5, 5.41) is 17.3. The molecule has 2 N–H and O–H groups in total. The molecular formula is C34H30ClF3N8O5. The Bertz CT molecular complexity index is 2260. The van der Waals surface area contributed by atoms with Gasteiger partial charge in [0.15, 0.2) is 17.3 Å². The van der Waals surface area contributed by atoms with Crippen molar-refractivity contribution in [1.82, 2.24) is 34.0 Å². The first-order valence-electron chi connectivity index (χ1n) is 15.9. The fourth-order valence-electron chi connectivity index (χ4n) is 6.94. The number of likely N-dealkylation sites (tertiary alicyclic amines) is 1. The molecule has 1 aliphatic carbocycles. The summed E-state index contributed by atoms with van der Waals surface area (Å²) >= 11 is 6.12. The summed E-state index contributed by atoms with van der Waals surface area (Å²) in [6, 6.07) is 9.56. The number of anilines is 1. The fraction of sp³-hybridized carbons (Fsp3) is 0.324. The van der Waals surface area contributed by atoms with Crippen molar-refractivity contribution in [3.63, 3.8) is 0 Å². The molecular weight excluding hydrogens is 693 g/mol. The molecule has 1 saturated heterocycles. The van der Waals surface area contributed by atoms with Crippen LogP contribution < -0.4 is 15.6 Å². The molecule has 51 heavy (non-hydrogen) atoms. The molecule has 5 aromatic rings. The van der Waals surface area contributed by atoms with E-state index in [9.17, 15) is 32.7 Å². The van der Waals surface area contributed by atoms with Gasteiger partial charge in [0.2, 0.25) is 11.7 Å². The summed E-state index contributed by atoms with van der Waals surface area (Å²) in [5.41, 5.74) is -0.184. The van der Waals surface area contributed by atoms with Crippen molar-refractivity contribution in [3.05, 3.63) is 92.4 Å². The number of nitrogens with one attached hydrogen (secondary N) is 1. The van der Waals surface area contributed by atoms with Crippen LogP contribution in [0.1, 0.15) is 52.3 Å². The number of carbonyl (C=O) groups is 2. The SMILES string of the molecule is COc1ccc(-c2nc3n(CC(=O)Nc4ccc(C(F)(F)F)cc4Cl)c4c(c(=O)n3n2)C2(CC4)CCN(C(=O)c3ncnc(C)c3O)CC2)cc1. The zero-order valence-corrected chi connectivity index (χ0v) is 28.0. The van der Waals surface area contributed by atoms with E-state index in [1.807, 2.05) is 0 Å². The number of benzene rings is 2. The number of piperidine rings is 1. The predicted molar refractivity (Wildman–Crippen MR) is 178 cm³/mol. The second-order valence-corrected chi connectivity index (χ2v) is 13.0. The number of methoxy groups -OCH3 is 1. The Morgan fingerprint density at radius 3 is 2.47 bits per heavy atom. The van der Waals surface area contributed by atoms with E-state index in [2.05, 4.69) is 25.4 Å². The van der Waals surface area contributed by atoms with Crippen molar-refractivity contribution in [2.24, 2.45) is 0 Å². The van der Waals surface area contributed by atoms with Crippen molar-refractivity contribution in [2.75, 3.05) is 25.5 Å². The summed E-state index contributed by atoms with van der Waals surface area (Å²) in [6.07, 6.45) is -1.58. The first-order valence-corrected chi connectivity index (χ1v) is 16.3. The maximum atomic E-state index is 14.3. The molecule has 13 nitrogen and oxygen atoms in total. The molecule has 264 valence electrons. The van der Waals surface area contributed by atoms with E-state index in [1.165, 1.54) is 18.0 Å². The first-order chi connectivity index (χ1) is 24.3. The maximum Gasteiger partial charge on any atom is 0.416 e. The first kappa shape index (κ1) is 34.0. The number of fused-ring (bicyclic) bond motifs is 3. The number of hydrogen-bond acceptors (Lipinski definition) is 9. The van der Waals surface area contributed by atoms with Gasteiger partial charge >= 0.3 is 6.18 Å². The predicted octanol–water partition coefficient (Wildman–Crippen LogP) is 4.80. The van der Waals surface area contributed by atoms with Gasteiger partial charge in [-0.3, -0.25) is 14.4 Å². The van der Waals surface area contributed by atoms with Crippen molar-refractivity contribution >= 4 is 34.9 Å². The molecule has 2 aliphatic rings. The number of amides is 2. The summed E-state index contributed by atoms with van der Waals surface area (Å²) in [5.74, 6) is -0.395. The van der Waals surface area contributed by atoms with Crippen LogP contribution >= 0.6 is 11.6 Å². The molecule has 7 rings (SSSR count). The highest BCUT2D eigenvalue weighted by molar-refractivity contribution is 6.33. The van der Waals surface area contributed by atoms with Crippen LogP contribution in [0, 0.1) is 6.92 Å². The molecule has 0 bridgehead atoms. The highest BCUT2D eigenvalue weighted by Crippen LogP contribution is 2.45. The van der Waals surface area contributed by atoms with Crippen molar-refractivity contribution in [2.45, 2.75) is 50.7 Å². The molecule has 1 spiro atoms. The van der Waals surface area contributed by atoms with Gasteiger partial charge < -0.3 is 24.6 Å². The van der Waals surface area contributed by atoms with Crippen LogP contribution in [0.25, 0.3) is 17.2 Å². The number of alkyl halides is 3. The lowest BCUT2D eigenvalue weighted by atomic mass is 9.74. The molecule has 3 aromatic heterocycles. The number of rotatable bonds is 6. The quantitative estimate of drug-likeness (QED) is 0.251. The molecule has 0 unspecified atom stereocenters. The zero-order valence-electron chi connectivity index (χ0n) is 27.3. The number of ether oxygens (including phenoxy) is 1. The standard InChI is InChI=1S/C34H30ClF3N8O5/c1-18-28(48)27(40-17-39-18)31(50)44-13-11-33(12-14-44)10-9-24-26(33)30(49)46-32(42-29(43-46)19-3-6-21(51-2)7-4-19)45(24)16-25(47)41-23-8-5-20(15-22(23)35)34(36,37)38/h3-8,15,17,48H,9-14,16H2,1-2H3,(H,41,47). The lowest BCUT2D eigenvalue weighted by Gasteiger charge is -2.39. The summed E-state index contributed by atoms with van der Waals surface area (Å²) in [6.45, 7) is 1.78. The van der Waals surface area contributed by atoms with E-state index in [0.29, 0.717) is 48.3 Å². The van der Waals surface area contributed by atoms with Crippen LogP contribution in [0.5, 0.6) is 11.5 Å². The van der Waals surface area contributed by atoms with E-state index < -0.39 is 34.5 Å². The van der Waals surface area contributed by atoms with Crippen LogP contribution in [0.4, 0.5) is 18.9 Å². The average molecular weight is 723 g/mol. The Hall–Kier alpha value is -5.51. The topological polar surface area (TPSA) is 157 Å². The largest absolute Gasteiger partial charge is 0.504 e. The molecule has 17 heteroatoms. The number of nitrogens with zero attached hydrogens (tertiary/aromatic N) is 7. The van der Waals surface area contributed by atoms with Gasteiger partial charge in [-0.25, -0.2) is 9.97 Å². The minimum absolute atomic E-state index is 0.0119. The van der Waals surface area contributed by atoms with Crippen molar-refractivity contribution < 1.29 is 32.6 Å². The van der Waals surface area contributed by atoms with Gasteiger partial charge in [0.05, 0.1) is 29.1 Å². The van der Waals surface area contributed by atoms with E-state index >= 15 is 0 Å². The molecule has 4 heterocycles. The van der Waals surface area contributed by atoms with Crippen LogP contribution in [-0.4, -0.2) is 71.2 Å². The van der Waals surface area contributed by atoms with Gasteiger partial charge in [-0.15, -0.1) is 5.10 Å². The molecule has 2 aromatic carbocycles.